The maximum atomic E-state index is 11.1. The standard InChI is InChI=1S/C8H10N2O2/c1-6-3-9-8(10-4-6)7(11)5-12-2/h3-4H,5H2,1-2H3. The van der Waals surface area contributed by atoms with Gasteiger partial charge in [0.2, 0.25) is 5.78 Å². The molecule has 0 fully saturated rings. The summed E-state index contributed by atoms with van der Waals surface area (Å²) in [5, 5.41) is 0. The van der Waals surface area contributed by atoms with Crippen LogP contribution in [0.4, 0.5) is 0 Å². The van der Waals surface area contributed by atoms with Gasteiger partial charge in [-0.15, -0.1) is 0 Å². The smallest absolute Gasteiger partial charge is 0.225 e. The van der Waals surface area contributed by atoms with Crippen LogP contribution in [0.15, 0.2) is 12.4 Å². The molecule has 0 atom stereocenters. The molecule has 0 aromatic carbocycles. The Bertz CT molecular complexity index is 269. The van der Waals surface area contributed by atoms with E-state index in [1.807, 2.05) is 6.92 Å². The Hall–Kier alpha value is -1.29. The second-order valence-corrected chi connectivity index (χ2v) is 2.44. The average Bonchev–Trinajstić information content (AvgIpc) is 2.06. The van der Waals surface area contributed by atoms with Crippen LogP contribution in [0, 0.1) is 6.92 Å². The van der Waals surface area contributed by atoms with Gasteiger partial charge in [-0.2, -0.15) is 0 Å². The van der Waals surface area contributed by atoms with Crippen molar-refractivity contribution in [3.8, 4) is 0 Å². The van der Waals surface area contributed by atoms with Gasteiger partial charge in [0.25, 0.3) is 0 Å². The van der Waals surface area contributed by atoms with Gasteiger partial charge in [-0.1, -0.05) is 0 Å². The number of carbonyl (C=O) groups is 1. The average molecular weight is 166 g/mol. The molecule has 1 aromatic heterocycles. The van der Waals surface area contributed by atoms with E-state index in [2.05, 4.69) is 14.7 Å². The van der Waals surface area contributed by atoms with Gasteiger partial charge in [-0.3, -0.25) is 4.79 Å². The van der Waals surface area contributed by atoms with Crippen molar-refractivity contribution in [2.75, 3.05) is 13.7 Å². The monoisotopic (exact) mass is 166 g/mol. The number of aromatic nitrogens is 2. The number of aryl methyl sites for hydroxylation is 1. The van der Waals surface area contributed by atoms with E-state index in [-0.39, 0.29) is 18.2 Å². The second kappa shape index (κ2) is 3.92. The van der Waals surface area contributed by atoms with Crippen LogP contribution in [-0.2, 0) is 4.74 Å². The summed E-state index contributed by atoms with van der Waals surface area (Å²) in [5.41, 5.74) is 0.934. The quantitative estimate of drug-likeness (QED) is 0.617. The number of methoxy groups -OCH3 is 1. The fraction of sp³-hybridized carbons (Fsp3) is 0.375. The molecule has 0 bridgehead atoms. The molecule has 0 saturated carbocycles. The molecule has 0 spiro atoms. The number of ether oxygens (including phenoxy) is 1. The van der Waals surface area contributed by atoms with Gasteiger partial charge in [0, 0.05) is 19.5 Å². The predicted molar refractivity (Wildman–Crippen MR) is 43.0 cm³/mol. The molecule has 0 radical (unpaired) electrons. The Morgan fingerprint density at radius 3 is 2.58 bits per heavy atom. The fourth-order valence-electron chi connectivity index (χ4n) is 0.732. The maximum Gasteiger partial charge on any atom is 0.225 e. The third-order valence-electron chi connectivity index (χ3n) is 1.31. The Balaban J connectivity index is 2.75. The summed E-state index contributed by atoms with van der Waals surface area (Å²) in [4.78, 5) is 18.8. The zero-order chi connectivity index (χ0) is 8.97. The van der Waals surface area contributed by atoms with E-state index in [0.29, 0.717) is 0 Å². The van der Waals surface area contributed by atoms with Gasteiger partial charge in [0.15, 0.2) is 5.82 Å². The van der Waals surface area contributed by atoms with Crippen molar-refractivity contribution in [3.63, 3.8) is 0 Å². The summed E-state index contributed by atoms with van der Waals surface area (Å²) < 4.78 is 4.66. The topological polar surface area (TPSA) is 52.1 Å². The first-order valence-electron chi connectivity index (χ1n) is 3.55. The number of carbonyl (C=O) groups excluding carboxylic acids is 1. The zero-order valence-electron chi connectivity index (χ0n) is 7.07. The third-order valence-corrected chi connectivity index (χ3v) is 1.31. The lowest BCUT2D eigenvalue weighted by atomic mass is 10.3. The first-order valence-corrected chi connectivity index (χ1v) is 3.55. The minimum Gasteiger partial charge on any atom is -0.376 e. The van der Waals surface area contributed by atoms with Crippen molar-refractivity contribution >= 4 is 5.78 Å². The first kappa shape index (κ1) is 8.80. The lowest BCUT2D eigenvalue weighted by molar-refractivity contribution is 0.0837. The minimum atomic E-state index is -0.197. The van der Waals surface area contributed by atoms with Crippen molar-refractivity contribution in [2.24, 2.45) is 0 Å². The molecule has 0 N–H and O–H groups in total. The molecule has 0 aliphatic carbocycles. The van der Waals surface area contributed by atoms with Crippen LogP contribution in [0.5, 0.6) is 0 Å². The molecule has 4 heteroatoms. The lowest BCUT2D eigenvalue weighted by Gasteiger charge is -1.97. The molecule has 0 amide bonds. The van der Waals surface area contributed by atoms with Crippen LogP contribution in [0.1, 0.15) is 16.2 Å². The summed E-state index contributed by atoms with van der Waals surface area (Å²) in [5.74, 6) is 0.0138. The van der Waals surface area contributed by atoms with Crippen molar-refractivity contribution < 1.29 is 9.53 Å². The highest BCUT2D eigenvalue weighted by Crippen LogP contribution is 1.94. The molecule has 4 nitrogen and oxygen atoms in total. The van der Waals surface area contributed by atoms with Crippen LogP contribution in [0.2, 0.25) is 0 Å². The maximum absolute atomic E-state index is 11.1. The first-order chi connectivity index (χ1) is 5.74. The van der Waals surface area contributed by atoms with E-state index in [1.165, 1.54) is 7.11 Å². The summed E-state index contributed by atoms with van der Waals surface area (Å²) in [6.07, 6.45) is 3.21. The van der Waals surface area contributed by atoms with Crippen LogP contribution in [0.3, 0.4) is 0 Å². The number of hydrogen-bond acceptors (Lipinski definition) is 4. The summed E-state index contributed by atoms with van der Waals surface area (Å²) in [6.45, 7) is 1.90. The Morgan fingerprint density at radius 1 is 1.50 bits per heavy atom. The van der Waals surface area contributed by atoms with Crippen LogP contribution < -0.4 is 0 Å². The largest absolute Gasteiger partial charge is 0.376 e. The van der Waals surface area contributed by atoms with Crippen molar-refractivity contribution in [1.82, 2.24) is 9.97 Å². The zero-order valence-corrected chi connectivity index (χ0v) is 7.07. The summed E-state index contributed by atoms with van der Waals surface area (Å²) in [6, 6.07) is 0. The second-order valence-electron chi connectivity index (χ2n) is 2.44. The van der Waals surface area contributed by atoms with E-state index < -0.39 is 0 Å². The fourth-order valence-corrected chi connectivity index (χ4v) is 0.732. The van der Waals surface area contributed by atoms with Gasteiger partial charge in [0.05, 0.1) is 0 Å². The van der Waals surface area contributed by atoms with Gasteiger partial charge in [-0.05, 0) is 12.5 Å². The Labute approximate surface area is 70.6 Å². The molecule has 0 unspecified atom stereocenters. The highest BCUT2D eigenvalue weighted by atomic mass is 16.5. The minimum absolute atomic E-state index is 0.0308. The molecule has 1 heterocycles. The van der Waals surface area contributed by atoms with E-state index in [4.69, 9.17) is 0 Å². The number of Topliss-reactive ketones (excluding diaryl/α,β-unsaturated/α-hetero) is 1. The number of ketones is 1. The highest BCUT2D eigenvalue weighted by Gasteiger charge is 2.06. The molecule has 1 aromatic rings. The van der Waals surface area contributed by atoms with Gasteiger partial charge < -0.3 is 4.74 Å². The number of hydrogen-bond donors (Lipinski definition) is 0. The number of rotatable bonds is 3. The van der Waals surface area contributed by atoms with Gasteiger partial charge >= 0.3 is 0 Å². The molecule has 0 aliphatic heterocycles. The molecular weight excluding hydrogens is 156 g/mol. The highest BCUT2D eigenvalue weighted by molar-refractivity contribution is 5.93. The van der Waals surface area contributed by atoms with Gasteiger partial charge in [0.1, 0.15) is 6.61 Å². The third kappa shape index (κ3) is 2.10. The van der Waals surface area contributed by atoms with Crippen molar-refractivity contribution in [3.05, 3.63) is 23.8 Å². The van der Waals surface area contributed by atoms with Crippen LogP contribution in [-0.4, -0.2) is 29.5 Å². The van der Waals surface area contributed by atoms with E-state index >= 15 is 0 Å². The molecular formula is C8H10N2O2. The summed E-state index contributed by atoms with van der Waals surface area (Å²) in [7, 11) is 1.46. The molecule has 0 aliphatic rings. The normalized spacial score (nSPS) is 9.83. The number of nitrogens with zero attached hydrogens (tertiary/aromatic N) is 2. The van der Waals surface area contributed by atoms with Crippen LogP contribution >= 0.6 is 0 Å². The molecule has 64 valence electrons. The molecule has 12 heavy (non-hydrogen) atoms. The van der Waals surface area contributed by atoms with Crippen molar-refractivity contribution in [1.29, 1.82) is 0 Å². The van der Waals surface area contributed by atoms with Crippen molar-refractivity contribution in [2.45, 2.75) is 6.92 Å². The SMILES string of the molecule is COCC(=O)c1ncc(C)cn1. The van der Waals surface area contributed by atoms with E-state index in [0.717, 1.165) is 5.56 Å². The summed E-state index contributed by atoms with van der Waals surface area (Å²) >= 11 is 0. The lowest BCUT2D eigenvalue weighted by Crippen LogP contribution is -2.11. The van der Waals surface area contributed by atoms with Gasteiger partial charge in [-0.25, -0.2) is 9.97 Å². The van der Waals surface area contributed by atoms with E-state index in [9.17, 15) is 4.79 Å². The molecule has 1 rings (SSSR count). The van der Waals surface area contributed by atoms with Crippen LogP contribution in [0.25, 0.3) is 0 Å². The Morgan fingerprint density at radius 2 is 2.08 bits per heavy atom. The molecule has 0 saturated heterocycles. The Kier molecular flexibility index (Phi) is 2.88. The predicted octanol–water partition coefficient (Wildman–Crippen LogP) is 0.614. The van der Waals surface area contributed by atoms with E-state index in [1.54, 1.807) is 12.4 Å².